The maximum atomic E-state index is 13.1. The molecule has 0 spiro atoms. The molecule has 1 aromatic rings. The molecular formula is C15H18FNO6. The predicted molar refractivity (Wildman–Crippen MR) is 78.4 cm³/mol. The molecular weight excluding hydrogens is 309 g/mol. The summed E-state index contributed by atoms with van der Waals surface area (Å²) in [4.78, 5) is 32.8. The molecule has 0 aliphatic rings. The lowest BCUT2D eigenvalue weighted by Crippen LogP contribution is -2.09. The van der Waals surface area contributed by atoms with Gasteiger partial charge in [-0.3, -0.25) is 19.7 Å². The Morgan fingerprint density at radius 2 is 1.83 bits per heavy atom. The zero-order valence-corrected chi connectivity index (χ0v) is 12.7. The van der Waals surface area contributed by atoms with E-state index in [1.165, 1.54) is 0 Å². The van der Waals surface area contributed by atoms with Gasteiger partial charge in [0.2, 0.25) is 5.75 Å². The largest absolute Gasteiger partial charge is 0.466 e. The molecule has 0 saturated heterocycles. The van der Waals surface area contributed by atoms with E-state index in [9.17, 15) is 24.1 Å². The van der Waals surface area contributed by atoms with Gasteiger partial charge in [0.05, 0.1) is 11.5 Å². The summed E-state index contributed by atoms with van der Waals surface area (Å²) in [6.07, 6.45) is 1.95. The number of hydrogen-bond donors (Lipinski definition) is 0. The van der Waals surface area contributed by atoms with Crippen LogP contribution >= 0.6 is 0 Å². The van der Waals surface area contributed by atoms with Crippen LogP contribution in [0.1, 0.15) is 39.0 Å². The van der Waals surface area contributed by atoms with E-state index in [1.54, 1.807) is 6.92 Å². The molecule has 0 fully saturated rings. The maximum absolute atomic E-state index is 13.1. The third-order valence-electron chi connectivity index (χ3n) is 2.91. The van der Waals surface area contributed by atoms with Gasteiger partial charge in [-0.05, 0) is 25.8 Å². The molecule has 1 aromatic carbocycles. The van der Waals surface area contributed by atoms with Gasteiger partial charge in [-0.15, -0.1) is 0 Å². The number of carbonyl (C=O) groups excluding carboxylic acids is 2. The third kappa shape index (κ3) is 6.86. The molecule has 1 rings (SSSR count). The highest BCUT2D eigenvalue weighted by molar-refractivity contribution is 5.73. The second kappa shape index (κ2) is 9.50. The lowest BCUT2D eigenvalue weighted by atomic mass is 10.1. The molecule has 0 aliphatic heterocycles. The number of nitrogens with zero attached hydrogens (tertiary/aromatic N) is 1. The summed E-state index contributed by atoms with van der Waals surface area (Å²) >= 11 is 0. The molecule has 0 amide bonds. The van der Waals surface area contributed by atoms with E-state index in [4.69, 9.17) is 9.47 Å². The topological polar surface area (TPSA) is 95.7 Å². The quantitative estimate of drug-likeness (QED) is 0.227. The normalized spacial score (nSPS) is 10.2. The summed E-state index contributed by atoms with van der Waals surface area (Å²) in [7, 11) is 0. The molecule has 23 heavy (non-hydrogen) atoms. The molecule has 0 aromatic heterocycles. The average molecular weight is 327 g/mol. The van der Waals surface area contributed by atoms with Gasteiger partial charge in [-0.2, -0.15) is 0 Å². The molecule has 7 nitrogen and oxygen atoms in total. The van der Waals surface area contributed by atoms with Crippen LogP contribution in [0.5, 0.6) is 5.75 Å². The minimum Gasteiger partial charge on any atom is -0.466 e. The van der Waals surface area contributed by atoms with E-state index >= 15 is 0 Å². The molecule has 126 valence electrons. The number of unbranched alkanes of at least 4 members (excludes halogenated alkanes) is 2. The summed E-state index contributed by atoms with van der Waals surface area (Å²) in [5.74, 6) is -2.11. The van der Waals surface area contributed by atoms with Crippen LogP contribution in [0.25, 0.3) is 0 Å². The van der Waals surface area contributed by atoms with Crippen LogP contribution in [-0.4, -0.2) is 23.5 Å². The van der Waals surface area contributed by atoms with Crippen LogP contribution in [-0.2, 0) is 14.3 Å². The zero-order valence-electron chi connectivity index (χ0n) is 12.7. The lowest BCUT2D eigenvalue weighted by Gasteiger charge is -2.05. The van der Waals surface area contributed by atoms with E-state index in [1.807, 2.05) is 0 Å². The summed E-state index contributed by atoms with van der Waals surface area (Å²) < 4.78 is 22.7. The fourth-order valence-corrected chi connectivity index (χ4v) is 1.84. The van der Waals surface area contributed by atoms with Gasteiger partial charge in [0.15, 0.2) is 0 Å². The molecule has 0 unspecified atom stereocenters. The van der Waals surface area contributed by atoms with Crippen molar-refractivity contribution in [3.8, 4) is 5.75 Å². The van der Waals surface area contributed by atoms with Gasteiger partial charge in [0.25, 0.3) is 0 Å². The smallest absolute Gasteiger partial charge is 0.311 e. The number of carbonyl (C=O) groups is 2. The first-order valence-electron chi connectivity index (χ1n) is 7.24. The Bertz CT molecular complexity index is 575. The number of rotatable bonds is 9. The first kappa shape index (κ1) is 18.5. The Kier molecular flexibility index (Phi) is 7.65. The molecule has 8 heteroatoms. The number of halogens is 1. The summed E-state index contributed by atoms with van der Waals surface area (Å²) in [5, 5.41) is 10.8. The Morgan fingerprint density at radius 3 is 2.43 bits per heavy atom. The highest BCUT2D eigenvalue weighted by atomic mass is 19.1. The number of ether oxygens (including phenoxy) is 2. The molecule has 0 atom stereocenters. The van der Waals surface area contributed by atoms with Crippen LogP contribution in [0, 0.1) is 15.9 Å². The highest BCUT2D eigenvalue weighted by Crippen LogP contribution is 2.27. The highest BCUT2D eigenvalue weighted by Gasteiger charge is 2.18. The number of nitro groups is 1. The first-order chi connectivity index (χ1) is 10.9. The van der Waals surface area contributed by atoms with Crippen molar-refractivity contribution in [2.24, 2.45) is 0 Å². The summed E-state index contributed by atoms with van der Waals surface area (Å²) in [6.45, 7) is 2.05. The molecule has 0 aliphatic carbocycles. The summed E-state index contributed by atoms with van der Waals surface area (Å²) in [5.41, 5.74) is -0.470. The Morgan fingerprint density at radius 1 is 1.17 bits per heavy atom. The van der Waals surface area contributed by atoms with Crippen molar-refractivity contribution in [1.29, 1.82) is 0 Å². The fourth-order valence-electron chi connectivity index (χ4n) is 1.84. The van der Waals surface area contributed by atoms with Crippen molar-refractivity contribution >= 4 is 17.6 Å². The predicted octanol–water partition coefficient (Wildman–Crippen LogP) is 3.15. The van der Waals surface area contributed by atoms with Crippen molar-refractivity contribution in [2.45, 2.75) is 39.0 Å². The number of esters is 2. The van der Waals surface area contributed by atoms with E-state index in [2.05, 4.69) is 0 Å². The van der Waals surface area contributed by atoms with E-state index < -0.39 is 28.1 Å². The Balaban J connectivity index is 2.38. The number of benzene rings is 1. The minimum atomic E-state index is -0.749. The third-order valence-corrected chi connectivity index (χ3v) is 2.91. The molecule has 0 radical (unpaired) electrons. The van der Waals surface area contributed by atoms with Crippen LogP contribution in [0.15, 0.2) is 18.2 Å². The SMILES string of the molecule is CCOC(=O)CCCCCC(=O)Oc1cc(F)ccc1[N+](=O)[O-]. The number of hydrogen-bond acceptors (Lipinski definition) is 6. The average Bonchev–Trinajstić information content (AvgIpc) is 2.46. The molecule has 0 bridgehead atoms. The Labute approximate surface area is 132 Å². The van der Waals surface area contributed by atoms with Crippen LogP contribution in [0.2, 0.25) is 0 Å². The molecule has 0 N–H and O–H groups in total. The van der Waals surface area contributed by atoms with Gasteiger partial charge < -0.3 is 9.47 Å². The van der Waals surface area contributed by atoms with Crippen LogP contribution in [0.3, 0.4) is 0 Å². The first-order valence-corrected chi connectivity index (χ1v) is 7.24. The Hall–Kier alpha value is -2.51. The van der Waals surface area contributed by atoms with Crippen LogP contribution < -0.4 is 4.74 Å². The minimum absolute atomic E-state index is 0.0243. The fraction of sp³-hybridized carbons (Fsp3) is 0.467. The maximum Gasteiger partial charge on any atom is 0.311 e. The van der Waals surface area contributed by atoms with Crippen molar-refractivity contribution in [2.75, 3.05) is 6.61 Å². The van der Waals surface area contributed by atoms with E-state index in [0.717, 1.165) is 18.2 Å². The van der Waals surface area contributed by atoms with Crippen LogP contribution in [0.4, 0.5) is 10.1 Å². The van der Waals surface area contributed by atoms with Crippen molar-refractivity contribution in [3.05, 3.63) is 34.1 Å². The standard InChI is InChI=1S/C15H18FNO6/c1-2-22-14(18)6-4-3-5-7-15(19)23-13-10-11(16)8-9-12(13)17(20)21/h8-10H,2-7H2,1H3. The monoisotopic (exact) mass is 327 g/mol. The molecule has 0 heterocycles. The van der Waals surface area contributed by atoms with E-state index in [-0.39, 0.29) is 18.8 Å². The van der Waals surface area contributed by atoms with Gasteiger partial charge in [-0.25, -0.2) is 4.39 Å². The van der Waals surface area contributed by atoms with E-state index in [0.29, 0.717) is 25.9 Å². The van der Waals surface area contributed by atoms with Gasteiger partial charge in [0.1, 0.15) is 5.82 Å². The van der Waals surface area contributed by atoms with Gasteiger partial charge >= 0.3 is 17.6 Å². The van der Waals surface area contributed by atoms with Gasteiger partial charge in [-0.1, -0.05) is 6.42 Å². The number of nitro benzene ring substituents is 1. The van der Waals surface area contributed by atoms with Gasteiger partial charge in [0, 0.05) is 25.0 Å². The molecule has 0 saturated carbocycles. The second-order valence-electron chi connectivity index (χ2n) is 4.71. The van der Waals surface area contributed by atoms with Crippen molar-refractivity contribution in [1.82, 2.24) is 0 Å². The van der Waals surface area contributed by atoms with Crippen molar-refractivity contribution < 1.29 is 28.4 Å². The van der Waals surface area contributed by atoms with Crippen molar-refractivity contribution in [3.63, 3.8) is 0 Å². The lowest BCUT2D eigenvalue weighted by molar-refractivity contribution is -0.385. The summed E-state index contributed by atoms with van der Waals surface area (Å²) in [6, 6.07) is 2.67. The zero-order chi connectivity index (χ0) is 17.2. The second-order valence-corrected chi connectivity index (χ2v) is 4.71.